The molecule has 3 rings (SSSR count). The van der Waals surface area contributed by atoms with Gasteiger partial charge in [-0.05, 0) is 24.3 Å². The van der Waals surface area contributed by atoms with Crippen LogP contribution in [0.4, 0.5) is 0 Å². The molecule has 0 saturated heterocycles. The maximum atomic E-state index is 12.3. The molecular weight excluding hydrogens is 302 g/mol. The van der Waals surface area contributed by atoms with E-state index in [1.807, 2.05) is 44.2 Å². The van der Waals surface area contributed by atoms with Gasteiger partial charge in [0.15, 0.2) is 12.4 Å². The highest BCUT2D eigenvalue weighted by atomic mass is 16.5. The minimum absolute atomic E-state index is 0.00331. The molecule has 0 aliphatic rings. The Hall–Kier alpha value is -2.88. The van der Waals surface area contributed by atoms with Gasteiger partial charge in [0, 0.05) is 17.0 Å². The van der Waals surface area contributed by atoms with Gasteiger partial charge in [-0.2, -0.15) is 0 Å². The predicted molar refractivity (Wildman–Crippen MR) is 91.2 cm³/mol. The molecule has 122 valence electrons. The molecular formula is C20H19NO3. The van der Waals surface area contributed by atoms with Crippen molar-refractivity contribution in [3.8, 4) is 5.75 Å². The van der Waals surface area contributed by atoms with Gasteiger partial charge < -0.3 is 9.15 Å². The Kier molecular flexibility index (Phi) is 4.75. The first kappa shape index (κ1) is 16.0. The Balaban J connectivity index is 1.63. The van der Waals surface area contributed by atoms with Gasteiger partial charge in [-0.15, -0.1) is 0 Å². The third kappa shape index (κ3) is 3.71. The second-order valence-electron chi connectivity index (χ2n) is 5.82. The van der Waals surface area contributed by atoms with Crippen LogP contribution in [0.1, 0.15) is 47.3 Å². The standard InChI is InChI=1S/C20H19NO3/c1-14(2)18-12-21-19(24-18)13-23-17-10-8-16(9-11-17)20(22)15-6-4-3-5-7-15/h3-12,14H,13H2,1-2H3. The number of aromatic nitrogens is 1. The van der Waals surface area contributed by atoms with Crippen LogP contribution in [0.15, 0.2) is 65.2 Å². The van der Waals surface area contributed by atoms with E-state index in [0.29, 0.717) is 28.7 Å². The number of oxazole rings is 1. The van der Waals surface area contributed by atoms with E-state index in [1.54, 1.807) is 30.5 Å². The number of carbonyl (C=O) groups excluding carboxylic acids is 1. The highest BCUT2D eigenvalue weighted by Gasteiger charge is 2.10. The minimum Gasteiger partial charge on any atom is -0.484 e. The van der Waals surface area contributed by atoms with E-state index in [4.69, 9.17) is 9.15 Å². The first-order valence-corrected chi connectivity index (χ1v) is 7.90. The molecule has 3 aromatic rings. The zero-order valence-corrected chi connectivity index (χ0v) is 13.7. The summed E-state index contributed by atoms with van der Waals surface area (Å²) in [4.78, 5) is 16.5. The van der Waals surface area contributed by atoms with E-state index in [9.17, 15) is 4.79 Å². The fourth-order valence-corrected chi connectivity index (χ4v) is 2.26. The SMILES string of the molecule is CC(C)c1cnc(COc2ccc(C(=O)c3ccccc3)cc2)o1. The van der Waals surface area contributed by atoms with Crippen LogP contribution in [0.3, 0.4) is 0 Å². The van der Waals surface area contributed by atoms with Crippen LogP contribution in [0.5, 0.6) is 5.75 Å². The van der Waals surface area contributed by atoms with Gasteiger partial charge in [-0.25, -0.2) is 4.98 Å². The molecule has 1 heterocycles. The molecule has 0 amide bonds. The Morgan fingerprint density at radius 1 is 1.04 bits per heavy atom. The predicted octanol–water partition coefficient (Wildman–Crippen LogP) is 4.61. The zero-order valence-electron chi connectivity index (χ0n) is 13.7. The van der Waals surface area contributed by atoms with Crippen LogP contribution < -0.4 is 4.74 Å². The maximum Gasteiger partial charge on any atom is 0.232 e. The van der Waals surface area contributed by atoms with Gasteiger partial charge in [0.05, 0.1) is 6.20 Å². The van der Waals surface area contributed by atoms with E-state index >= 15 is 0 Å². The molecule has 2 aromatic carbocycles. The number of ether oxygens (including phenoxy) is 1. The van der Waals surface area contributed by atoms with E-state index in [2.05, 4.69) is 4.98 Å². The van der Waals surface area contributed by atoms with Crippen molar-refractivity contribution in [1.29, 1.82) is 0 Å². The maximum absolute atomic E-state index is 12.3. The molecule has 4 nitrogen and oxygen atoms in total. The largest absolute Gasteiger partial charge is 0.484 e. The molecule has 0 bridgehead atoms. The second-order valence-corrected chi connectivity index (χ2v) is 5.82. The van der Waals surface area contributed by atoms with Crippen molar-refractivity contribution < 1.29 is 13.9 Å². The van der Waals surface area contributed by atoms with E-state index in [1.165, 1.54) is 0 Å². The number of nitrogens with zero attached hydrogens (tertiary/aromatic N) is 1. The van der Waals surface area contributed by atoms with Crippen LogP contribution in [0.2, 0.25) is 0 Å². The fraction of sp³-hybridized carbons (Fsp3) is 0.200. The Labute approximate surface area is 141 Å². The lowest BCUT2D eigenvalue weighted by Crippen LogP contribution is -2.01. The second kappa shape index (κ2) is 7.13. The number of carbonyl (C=O) groups is 1. The van der Waals surface area contributed by atoms with Crippen molar-refractivity contribution >= 4 is 5.78 Å². The zero-order chi connectivity index (χ0) is 16.9. The van der Waals surface area contributed by atoms with Gasteiger partial charge in [-0.3, -0.25) is 4.79 Å². The fourth-order valence-electron chi connectivity index (χ4n) is 2.26. The van der Waals surface area contributed by atoms with Gasteiger partial charge in [0.2, 0.25) is 5.89 Å². The summed E-state index contributed by atoms with van der Waals surface area (Å²) in [5.74, 6) is 2.36. The summed E-state index contributed by atoms with van der Waals surface area (Å²) in [6.45, 7) is 4.36. The van der Waals surface area contributed by atoms with Crippen LogP contribution in [0, 0.1) is 0 Å². The van der Waals surface area contributed by atoms with Crippen LogP contribution in [-0.4, -0.2) is 10.8 Å². The van der Waals surface area contributed by atoms with Gasteiger partial charge in [0.1, 0.15) is 11.5 Å². The summed E-state index contributed by atoms with van der Waals surface area (Å²) in [6.07, 6.45) is 1.73. The molecule has 0 radical (unpaired) electrons. The van der Waals surface area contributed by atoms with Crippen molar-refractivity contribution in [2.24, 2.45) is 0 Å². The number of rotatable bonds is 6. The highest BCUT2D eigenvalue weighted by molar-refractivity contribution is 6.08. The molecule has 0 fully saturated rings. The molecule has 0 saturated carbocycles. The molecule has 4 heteroatoms. The molecule has 0 spiro atoms. The Morgan fingerprint density at radius 2 is 1.71 bits per heavy atom. The van der Waals surface area contributed by atoms with Gasteiger partial charge >= 0.3 is 0 Å². The van der Waals surface area contributed by atoms with Gasteiger partial charge in [0.25, 0.3) is 0 Å². The summed E-state index contributed by atoms with van der Waals surface area (Å²) in [6, 6.07) is 16.3. The molecule has 0 aliphatic heterocycles. The van der Waals surface area contributed by atoms with Crippen LogP contribution >= 0.6 is 0 Å². The Morgan fingerprint density at radius 3 is 2.33 bits per heavy atom. The molecule has 0 N–H and O–H groups in total. The third-order valence-corrected chi connectivity index (χ3v) is 3.66. The smallest absolute Gasteiger partial charge is 0.232 e. The van der Waals surface area contributed by atoms with Crippen molar-refractivity contribution in [1.82, 2.24) is 4.98 Å². The topological polar surface area (TPSA) is 52.3 Å². The van der Waals surface area contributed by atoms with E-state index < -0.39 is 0 Å². The summed E-state index contributed by atoms with van der Waals surface area (Å²) in [5, 5.41) is 0. The average molecular weight is 321 g/mol. The summed E-state index contributed by atoms with van der Waals surface area (Å²) in [5.41, 5.74) is 1.30. The Bertz CT molecular complexity index is 804. The van der Waals surface area contributed by atoms with Crippen LogP contribution in [-0.2, 0) is 6.61 Å². The van der Waals surface area contributed by atoms with E-state index in [-0.39, 0.29) is 12.4 Å². The normalized spacial score (nSPS) is 10.8. The third-order valence-electron chi connectivity index (χ3n) is 3.66. The lowest BCUT2D eigenvalue weighted by atomic mass is 10.0. The molecule has 0 atom stereocenters. The first-order valence-electron chi connectivity index (χ1n) is 7.90. The van der Waals surface area contributed by atoms with Crippen molar-refractivity contribution in [2.45, 2.75) is 26.4 Å². The van der Waals surface area contributed by atoms with Gasteiger partial charge in [-0.1, -0.05) is 44.2 Å². The lowest BCUT2D eigenvalue weighted by Gasteiger charge is -2.05. The highest BCUT2D eigenvalue weighted by Crippen LogP contribution is 2.19. The minimum atomic E-state index is -0.00331. The number of benzene rings is 2. The number of ketones is 1. The monoisotopic (exact) mass is 321 g/mol. The first-order chi connectivity index (χ1) is 11.6. The lowest BCUT2D eigenvalue weighted by molar-refractivity contribution is 0.103. The average Bonchev–Trinajstić information content (AvgIpc) is 3.10. The van der Waals surface area contributed by atoms with Crippen molar-refractivity contribution in [3.05, 3.63) is 83.6 Å². The number of hydrogen-bond acceptors (Lipinski definition) is 4. The molecule has 1 aromatic heterocycles. The van der Waals surface area contributed by atoms with Crippen molar-refractivity contribution in [2.75, 3.05) is 0 Å². The quantitative estimate of drug-likeness (QED) is 0.622. The number of hydrogen-bond donors (Lipinski definition) is 0. The summed E-state index contributed by atoms with van der Waals surface area (Å²) >= 11 is 0. The summed E-state index contributed by atoms with van der Waals surface area (Å²) < 4.78 is 11.3. The molecule has 0 unspecified atom stereocenters. The van der Waals surface area contributed by atoms with Crippen LogP contribution in [0.25, 0.3) is 0 Å². The molecule has 0 aliphatic carbocycles. The molecule has 24 heavy (non-hydrogen) atoms. The summed E-state index contributed by atoms with van der Waals surface area (Å²) in [7, 11) is 0. The van der Waals surface area contributed by atoms with Crippen molar-refractivity contribution in [3.63, 3.8) is 0 Å². The van der Waals surface area contributed by atoms with E-state index in [0.717, 1.165) is 5.76 Å².